The molecule has 7 heteroatoms. The number of sulfone groups is 1. The Labute approximate surface area is 104 Å². The lowest BCUT2D eigenvalue weighted by Gasteiger charge is -2.01. The molecule has 0 bridgehead atoms. The highest BCUT2D eigenvalue weighted by Gasteiger charge is 2.24. The Morgan fingerprint density at radius 2 is 2.00 bits per heavy atom. The molecule has 18 heavy (non-hydrogen) atoms. The summed E-state index contributed by atoms with van der Waals surface area (Å²) in [4.78, 5) is 3.99. The van der Waals surface area contributed by atoms with Crippen LogP contribution in [-0.2, 0) is 9.84 Å². The third kappa shape index (κ3) is 2.35. The van der Waals surface area contributed by atoms with Crippen molar-refractivity contribution in [2.45, 2.75) is 12.2 Å². The van der Waals surface area contributed by atoms with Gasteiger partial charge in [-0.1, -0.05) is 17.3 Å². The van der Waals surface area contributed by atoms with E-state index in [-0.39, 0.29) is 17.5 Å². The van der Waals surface area contributed by atoms with Crippen molar-refractivity contribution >= 4 is 9.84 Å². The average molecular weight is 268 g/mol. The van der Waals surface area contributed by atoms with Gasteiger partial charge in [0.2, 0.25) is 0 Å². The van der Waals surface area contributed by atoms with Gasteiger partial charge in [0.25, 0.3) is 5.89 Å². The third-order valence-corrected chi connectivity index (χ3v) is 4.08. The van der Waals surface area contributed by atoms with Crippen molar-refractivity contribution in [1.82, 2.24) is 10.1 Å². The molecule has 2 aromatic rings. The molecular formula is C11H12N2O4S. The van der Waals surface area contributed by atoms with E-state index in [9.17, 15) is 13.5 Å². The number of benzene rings is 1. The smallest absolute Gasteiger partial charge is 0.261 e. The van der Waals surface area contributed by atoms with Crippen molar-refractivity contribution in [3.8, 4) is 17.2 Å². The molecule has 1 unspecified atom stereocenters. The Bertz CT molecular complexity index is 663. The van der Waals surface area contributed by atoms with Gasteiger partial charge in [-0.05, 0) is 19.1 Å². The van der Waals surface area contributed by atoms with Gasteiger partial charge in [-0.3, -0.25) is 0 Å². The number of hydrogen-bond acceptors (Lipinski definition) is 6. The van der Waals surface area contributed by atoms with Crippen molar-refractivity contribution in [3.05, 3.63) is 30.1 Å². The Morgan fingerprint density at radius 3 is 2.61 bits per heavy atom. The number of phenolic OH excluding ortho intramolecular Hbond substituents is 1. The van der Waals surface area contributed by atoms with E-state index in [4.69, 9.17) is 4.52 Å². The highest BCUT2D eigenvalue weighted by Crippen LogP contribution is 2.28. The van der Waals surface area contributed by atoms with Gasteiger partial charge >= 0.3 is 0 Å². The van der Waals surface area contributed by atoms with E-state index >= 15 is 0 Å². The van der Waals surface area contributed by atoms with Crippen LogP contribution in [0.25, 0.3) is 11.5 Å². The first-order valence-electron chi connectivity index (χ1n) is 5.20. The summed E-state index contributed by atoms with van der Waals surface area (Å²) in [5.74, 6) is 0.175. The molecular weight excluding hydrogens is 256 g/mol. The number of para-hydroxylation sites is 1. The van der Waals surface area contributed by atoms with Gasteiger partial charge in [0.1, 0.15) is 11.0 Å². The van der Waals surface area contributed by atoms with Crippen LogP contribution in [0.2, 0.25) is 0 Å². The van der Waals surface area contributed by atoms with Gasteiger partial charge in [0.05, 0.1) is 5.56 Å². The predicted octanol–water partition coefficient (Wildman–Crippen LogP) is 1.55. The van der Waals surface area contributed by atoms with Crippen molar-refractivity contribution in [1.29, 1.82) is 0 Å². The maximum Gasteiger partial charge on any atom is 0.261 e. The molecule has 96 valence electrons. The van der Waals surface area contributed by atoms with E-state index in [1.54, 1.807) is 18.2 Å². The molecule has 0 radical (unpaired) electrons. The molecule has 1 N–H and O–H groups in total. The minimum absolute atomic E-state index is 0.000270. The van der Waals surface area contributed by atoms with Gasteiger partial charge in [0, 0.05) is 6.26 Å². The summed E-state index contributed by atoms with van der Waals surface area (Å²) in [7, 11) is -3.28. The predicted molar refractivity (Wildman–Crippen MR) is 64.7 cm³/mol. The SMILES string of the molecule is CC(c1noc(-c2ccccc2O)n1)S(C)(=O)=O. The Kier molecular flexibility index (Phi) is 3.08. The molecule has 0 saturated heterocycles. The van der Waals surface area contributed by atoms with Crippen LogP contribution in [0.3, 0.4) is 0 Å². The van der Waals surface area contributed by atoms with Crippen LogP contribution in [0.15, 0.2) is 28.8 Å². The average Bonchev–Trinajstić information content (AvgIpc) is 2.76. The summed E-state index contributed by atoms with van der Waals surface area (Å²) in [5.41, 5.74) is 0.372. The largest absolute Gasteiger partial charge is 0.507 e. The molecule has 1 atom stereocenters. The molecule has 1 aromatic heterocycles. The summed E-state index contributed by atoms with van der Waals surface area (Å²) in [5, 5.41) is 12.4. The molecule has 2 rings (SSSR count). The van der Waals surface area contributed by atoms with Crippen LogP contribution in [-0.4, -0.2) is 29.9 Å². The summed E-state index contributed by atoms with van der Waals surface area (Å²) in [6, 6.07) is 6.46. The Hall–Kier alpha value is -1.89. The van der Waals surface area contributed by atoms with Crippen LogP contribution < -0.4 is 0 Å². The first kappa shape index (κ1) is 12.6. The Morgan fingerprint density at radius 1 is 1.33 bits per heavy atom. The van der Waals surface area contributed by atoms with E-state index in [1.807, 2.05) is 0 Å². The molecule has 1 heterocycles. The molecule has 0 fully saturated rings. The fraction of sp³-hybridized carbons (Fsp3) is 0.273. The van der Waals surface area contributed by atoms with Crippen molar-refractivity contribution in [2.75, 3.05) is 6.26 Å². The molecule has 0 spiro atoms. The highest BCUT2D eigenvalue weighted by atomic mass is 32.2. The first-order chi connectivity index (χ1) is 8.39. The standard InChI is InChI=1S/C11H12N2O4S/c1-7(18(2,15)16)10-12-11(17-13-10)8-5-3-4-6-9(8)14/h3-7,14H,1-2H3. The molecule has 0 aliphatic carbocycles. The number of nitrogens with zero attached hydrogens (tertiary/aromatic N) is 2. The lowest BCUT2D eigenvalue weighted by Crippen LogP contribution is -2.09. The van der Waals surface area contributed by atoms with Crippen molar-refractivity contribution in [2.24, 2.45) is 0 Å². The minimum Gasteiger partial charge on any atom is -0.507 e. The summed E-state index contributed by atoms with van der Waals surface area (Å²) in [6.07, 6.45) is 1.10. The maximum atomic E-state index is 11.4. The number of aromatic nitrogens is 2. The molecule has 0 aliphatic rings. The summed E-state index contributed by atoms with van der Waals surface area (Å²) >= 11 is 0. The normalized spacial score (nSPS) is 13.4. The minimum atomic E-state index is -3.28. The lowest BCUT2D eigenvalue weighted by molar-refractivity contribution is 0.416. The molecule has 6 nitrogen and oxygen atoms in total. The zero-order chi connectivity index (χ0) is 13.3. The zero-order valence-electron chi connectivity index (χ0n) is 9.86. The second-order valence-electron chi connectivity index (χ2n) is 3.95. The van der Waals surface area contributed by atoms with E-state index in [2.05, 4.69) is 10.1 Å². The van der Waals surface area contributed by atoms with Crippen LogP contribution in [0.1, 0.15) is 18.0 Å². The van der Waals surface area contributed by atoms with Crippen LogP contribution >= 0.6 is 0 Å². The van der Waals surface area contributed by atoms with Gasteiger partial charge in [0.15, 0.2) is 15.7 Å². The monoisotopic (exact) mass is 268 g/mol. The second-order valence-corrected chi connectivity index (χ2v) is 6.31. The van der Waals surface area contributed by atoms with Gasteiger partial charge < -0.3 is 9.63 Å². The zero-order valence-corrected chi connectivity index (χ0v) is 10.7. The number of rotatable bonds is 3. The topological polar surface area (TPSA) is 93.3 Å². The number of hydrogen-bond donors (Lipinski definition) is 1. The molecule has 0 aliphatic heterocycles. The highest BCUT2D eigenvalue weighted by molar-refractivity contribution is 7.90. The second kappa shape index (κ2) is 4.41. The summed E-state index contributed by atoms with van der Waals surface area (Å²) in [6.45, 7) is 1.48. The van der Waals surface area contributed by atoms with Gasteiger partial charge in [-0.25, -0.2) is 8.42 Å². The fourth-order valence-corrected chi connectivity index (χ4v) is 1.83. The molecule has 1 aromatic carbocycles. The van der Waals surface area contributed by atoms with E-state index < -0.39 is 15.1 Å². The van der Waals surface area contributed by atoms with E-state index in [1.165, 1.54) is 13.0 Å². The van der Waals surface area contributed by atoms with Gasteiger partial charge in [-0.2, -0.15) is 4.98 Å². The molecule has 0 amide bonds. The quantitative estimate of drug-likeness (QED) is 0.907. The van der Waals surface area contributed by atoms with Crippen LogP contribution in [0.5, 0.6) is 5.75 Å². The van der Waals surface area contributed by atoms with Crippen LogP contribution in [0.4, 0.5) is 0 Å². The maximum absolute atomic E-state index is 11.4. The number of aromatic hydroxyl groups is 1. The van der Waals surface area contributed by atoms with Crippen molar-refractivity contribution < 1.29 is 18.0 Å². The van der Waals surface area contributed by atoms with E-state index in [0.717, 1.165) is 6.26 Å². The summed E-state index contributed by atoms with van der Waals surface area (Å²) < 4.78 is 27.7. The molecule has 0 saturated carbocycles. The number of phenols is 1. The van der Waals surface area contributed by atoms with Crippen LogP contribution in [0, 0.1) is 0 Å². The fourth-order valence-electron chi connectivity index (χ4n) is 1.36. The van der Waals surface area contributed by atoms with E-state index in [0.29, 0.717) is 5.56 Å². The lowest BCUT2D eigenvalue weighted by atomic mass is 10.2. The van der Waals surface area contributed by atoms with Gasteiger partial charge in [-0.15, -0.1) is 0 Å². The van der Waals surface area contributed by atoms with Crippen molar-refractivity contribution in [3.63, 3.8) is 0 Å². The first-order valence-corrected chi connectivity index (χ1v) is 7.16. The Balaban J connectivity index is 2.41. The third-order valence-electron chi connectivity index (χ3n) is 2.58.